The van der Waals surface area contributed by atoms with Crippen molar-refractivity contribution >= 4 is 11.7 Å². The highest BCUT2D eigenvalue weighted by Crippen LogP contribution is 2.02. The first-order valence-corrected chi connectivity index (χ1v) is 3.57. The van der Waals surface area contributed by atoms with Crippen LogP contribution in [0.2, 0.25) is 0 Å². The van der Waals surface area contributed by atoms with E-state index in [0.717, 1.165) is 19.0 Å². The second kappa shape index (κ2) is 3.00. The molecule has 1 aliphatic heterocycles. The number of amides is 1. The molecule has 0 spiro atoms. The second-order valence-corrected chi connectivity index (χ2v) is 2.90. The van der Waals surface area contributed by atoms with Crippen LogP contribution in [-0.2, 0) is 4.79 Å². The number of rotatable bonds is 0. The monoisotopic (exact) mass is 155 g/mol. The fourth-order valence-electron chi connectivity index (χ4n) is 1.16. The number of likely N-dealkylation sites (N-methyl/N-ethyl adjacent to an activating group) is 2. The van der Waals surface area contributed by atoms with Gasteiger partial charge in [0.15, 0.2) is 0 Å². The molecule has 1 amide bonds. The Balaban J connectivity index is 2.66. The highest BCUT2D eigenvalue weighted by Gasteiger charge is 2.19. The van der Waals surface area contributed by atoms with Gasteiger partial charge in [0.2, 0.25) is 5.91 Å². The first-order valence-electron chi connectivity index (χ1n) is 3.57. The van der Waals surface area contributed by atoms with Gasteiger partial charge in [-0.15, -0.1) is 0 Å². The van der Waals surface area contributed by atoms with E-state index in [1.807, 2.05) is 19.0 Å². The van der Waals surface area contributed by atoms with Crippen molar-refractivity contribution in [2.24, 2.45) is 4.99 Å². The van der Waals surface area contributed by atoms with Crippen molar-refractivity contribution < 1.29 is 4.79 Å². The normalized spacial score (nSPS) is 23.2. The maximum atomic E-state index is 10.6. The van der Waals surface area contributed by atoms with E-state index in [0.29, 0.717) is 0 Å². The lowest BCUT2D eigenvalue weighted by Gasteiger charge is -2.09. The lowest BCUT2D eigenvalue weighted by molar-refractivity contribution is -0.115. The zero-order chi connectivity index (χ0) is 8.43. The molecule has 62 valence electrons. The van der Waals surface area contributed by atoms with Crippen LogP contribution in [0.15, 0.2) is 4.99 Å². The van der Waals surface area contributed by atoms with Crippen molar-refractivity contribution in [2.45, 2.75) is 6.92 Å². The third-order valence-corrected chi connectivity index (χ3v) is 1.59. The second-order valence-electron chi connectivity index (χ2n) is 2.90. The Labute approximate surface area is 66.5 Å². The number of amidine groups is 1. The Morgan fingerprint density at radius 2 is 2.18 bits per heavy atom. The van der Waals surface area contributed by atoms with E-state index < -0.39 is 0 Å². The summed E-state index contributed by atoms with van der Waals surface area (Å²) in [6, 6.07) is 0. The van der Waals surface area contributed by atoms with Gasteiger partial charge in [0.1, 0.15) is 5.84 Å². The lowest BCUT2D eigenvalue weighted by Crippen LogP contribution is -2.21. The average molecular weight is 155 g/mol. The number of carbonyl (C=O) groups is 1. The topological polar surface area (TPSA) is 35.9 Å². The number of nitrogens with zero attached hydrogens (tertiary/aromatic N) is 3. The van der Waals surface area contributed by atoms with Gasteiger partial charge in [-0.1, -0.05) is 0 Å². The molecular weight excluding hydrogens is 142 g/mol. The van der Waals surface area contributed by atoms with Gasteiger partial charge < -0.3 is 4.90 Å². The molecule has 0 N–H and O–H groups in total. The fourth-order valence-corrected chi connectivity index (χ4v) is 1.16. The Morgan fingerprint density at radius 3 is 2.55 bits per heavy atom. The number of hydrogen-bond acceptors (Lipinski definition) is 2. The van der Waals surface area contributed by atoms with E-state index in [9.17, 15) is 4.79 Å². The first-order chi connectivity index (χ1) is 5.09. The highest BCUT2D eigenvalue weighted by atomic mass is 16.1. The van der Waals surface area contributed by atoms with Crippen LogP contribution in [0.5, 0.6) is 0 Å². The minimum Gasteiger partial charge on any atom is -0.349 e. The Morgan fingerprint density at radius 1 is 1.55 bits per heavy atom. The number of carbonyl (C=O) groups excluding carboxylic acids is 1. The molecule has 1 saturated heterocycles. The van der Waals surface area contributed by atoms with E-state index >= 15 is 0 Å². The summed E-state index contributed by atoms with van der Waals surface area (Å²) in [4.78, 5) is 18.6. The van der Waals surface area contributed by atoms with Gasteiger partial charge in [-0.05, 0) is 7.05 Å². The molecule has 0 aromatic carbocycles. The minimum atomic E-state index is -0.123. The molecule has 0 radical (unpaired) electrons. The van der Waals surface area contributed by atoms with Crippen LogP contribution >= 0.6 is 0 Å². The van der Waals surface area contributed by atoms with E-state index in [1.54, 1.807) is 0 Å². The average Bonchev–Trinajstić information content (AvgIpc) is 2.09. The molecule has 1 aliphatic rings. The summed E-state index contributed by atoms with van der Waals surface area (Å²) in [7, 11) is 3.93. The lowest BCUT2D eigenvalue weighted by atomic mass is 10.5. The third kappa shape index (κ3) is 2.01. The Kier molecular flexibility index (Phi) is 2.24. The van der Waals surface area contributed by atoms with Crippen LogP contribution in [0.4, 0.5) is 0 Å². The maximum Gasteiger partial charge on any atom is 0.244 e. The Hall–Kier alpha value is -0.900. The summed E-state index contributed by atoms with van der Waals surface area (Å²) < 4.78 is 0. The molecule has 0 unspecified atom stereocenters. The fraction of sp³-hybridized carbons (Fsp3) is 0.714. The van der Waals surface area contributed by atoms with Crippen molar-refractivity contribution in [3.63, 3.8) is 0 Å². The largest absolute Gasteiger partial charge is 0.349 e. The van der Waals surface area contributed by atoms with Crippen molar-refractivity contribution in [3.05, 3.63) is 0 Å². The minimum absolute atomic E-state index is 0.123. The molecule has 0 bridgehead atoms. The smallest absolute Gasteiger partial charge is 0.244 e. The van der Waals surface area contributed by atoms with E-state index in [4.69, 9.17) is 0 Å². The SMILES string of the molecule is CC(=O)N=C1CN(C)CN1C. The van der Waals surface area contributed by atoms with Crippen LogP contribution in [0.3, 0.4) is 0 Å². The quantitative estimate of drug-likeness (QED) is 0.484. The van der Waals surface area contributed by atoms with Crippen molar-refractivity contribution in [1.82, 2.24) is 9.80 Å². The van der Waals surface area contributed by atoms with Gasteiger partial charge in [-0.3, -0.25) is 9.69 Å². The molecule has 1 rings (SSSR count). The van der Waals surface area contributed by atoms with Crippen LogP contribution in [-0.4, -0.2) is 48.9 Å². The van der Waals surface area contributed by atoms with Gasteiger partial charge in [0.05, 0.1) is 13.2 Å². The van der Waals surface area contributed by atoms with Gasteiger partial charge in [-0.2, -0.15) is 4.99 Å². The van der Waals surface area contributed by atoms with Crippen LogP contribution < -0.4 is 0 Å². The molecule has 1 heterocycles. The summed E-state index contributed by atoms with van der Waals surface area (Å²) in [5.74, 6) is 0.738. The van der Waals surface area contributed by atoms with Crippen LogP contribution in [0, 0.1) is 0 Å². The van der Waals surface area contributed by atoms with Crippen molar-refractivity contribution in [2.75, 3.05) is 27.3 Å². The van der Waals surface area contributed by atoms with E-state index in [-0.39, 0.29) is 5.91 Å². The van der Waals surface area contributed by atoms with Crippen molar-refractivity contribution in [1.29, 1.82) is 0 Å². The molecule has 0 aromatic heterocycles. The predicted octanol–water partition coefficient (Wildman–Crippen LogP) is -0.234. The van der Waals surface area contributed by atoms with E-state index in [1.165, 1.54) is 6.92 Å². The summed E-state index contributed by atoms with van der Waals surface area (Å²) >= 11 is 0. The molecule has 4 heteroatoms. The third-order valence-electron chi connectivity index (χ3n) is 1.59. The molecule has 0 aliphatic carbocycles. The highest BCUT2D eigenvalue weighted by molar-refractivity contribution is 5.95. The zero-order valence-electron chi connectivity index (χ0n) is 7.16. The van der Waals surface area contributed by atoms with Gasteiger partial charge >= 0.3 is 0 Å². The maximum absolute atomic E-state index is 10.6. The first kappa shape index (κ1) is 8.20. The molecule has 0 aromatic rings. The van der Waals surface area contributed by atoms with Crippen molar-refractivity contribution in [3.8, 4) is 0 Å². The predicted molar refractivity (Wildman–Crippen MR) is 43.4 cm³/mol. The molecule has 0 atom stereocenters. The Bertz CT molecular complexity index is 200. The summed E-state index contributed by atoms with van der Waals surface area (Å²) in [6.07, 6.45) is 0. The molecular formula is C7H13N3O. The zero-order valence-corrected chi connectivity index (χ0v) is 7.16. The summed E-state index contributed by atoms with van der Waals surface area (Å²) in [5.41, 5.74) is 0. The van der Waals surface area contributed by atoms with Gasteiger partial charge in [0.25, 0.3) is 0 Å². The molecule has 11 heavy (non-hydrogen) atoms. The summed E-state index contributed by atoms with van der Waals surface area (Å²) in [5, 5.41) is 0. The van der Waals surface area contributed by atoms with E-state index in [2.05, 4.69) is 9.89 Å². The van der Waals surface area contributed by atoms with Gasteiger partial charge in [-0.25, -0.2) is 0 Å². The van der Waals surface area contributed by atoms with Crippen LogP contribution in [0.25, 0.3) is 0 Å². The standard InChI is InChI=1S/C7H13N3O/c1-6(11)8-7-4-9(2)5-10(7)3/h4-5H2,1-3H3. The van der Waals surface area contributed by atoms with Crippen LogP contribution in [0.1, 0.15) is 6.92 Å². The molecule has 4 nitrogen and oxygen atoms in total. The molecule has 1 fully saturated rings. The molecule has 0 saturated carbocycles. The van der Waals surface area contributed by atoms with Gasteiger partial charge in [0, 0.05) is 14.0 Å². The summed E-state index contributed by atoms with van der Waals surface area (Å²) in [6.45, 7) is 3.10. The number of aliphatic imine (C=N–C) groups is 1. The number of hydrogen-bond donors (Lipinski definition) is 0.